The first-order valence-corrected chi connectivity index (χ1v) is 12.0. The summed E-state index contributed by atoms with van der Waals surface area (Å²) in [5, 5.41) is -0.181. The molecule has 35 heavy (non-hydrogen) atoms. The highest BCUT2D eigenvalue weighted by molar-refractivity contribution is 9.10. The van der Waals surface area contributed by atoms with Gasteiger partial charge in [0.1, 0.15) is 18.2 Å². The van der Waals surface area contributed by atoms with E-state index in [9.17, 15) is 18.8 Å². The number of imide groups is 1. The minimum absolute atomic E-state index is 0.0220. The summed E-state index contributed by atoms with van der Waals surface area (Å²) in [6.07, 6.45) is 1.55. The van der Waals surface area contributed by atoms with Crippen LogP contribution in [0.5, 0.6) is 5.75 Å². The predicted octanol–water partition coefficient (Wildman–Crippen LogP) is 6.44. The minimum atomic E-state index is -0.655. The third kappa shape index (κ3) is 5.77. The number of carbonyl (C=O) groups is 3. The van der Waals surface area contributed by atoms with E-state index in [-0.39, 0.29) is 40.4 Å². The lowest BCUT2D eigenvalue weighted by atomic mass is 10.2. The van der Waals surface area contributed by atoms with Gasteiger partial charge in [0.2, 0.25) is 5.76 Å². The van der Waals surface area contributed by atoms with E-state index in [1.807, 2.05) is 0 Å². The molecule has 0 unspecified atom stereocenters. The number of hydrogen-bond donors (Lipinski definition) is 0. The average molecular weight is 581 g/mol. The second kappa shape index (κ2) is 10.7. The van der Waals surface area contributed by atoms with Crippen LogP contribution in [0.2, 0.25) is 5.02 Å². The van der Waals surface area contributed by atoms with Crippen molar-refractivity contribution in [2.45, 2.75) is 13.2 Å². The van der Waals surface area contributed by atoms with Gasteiger partial charge in [-0.2, -0.15) is 0 Å². The molecule has 11 heteroatoms. The molecule has 0 bridgehead atoms. The van der Waals surface area contributed by atoms with Crippen LogP contribution in [0.1, 0.15) is 27.4 Å². The van der Waals surface area contributed by atoms with Crippen LogP contribution >= 0.6 is 39.3 Å². The predicted molar refractivity (Wildman–Crippen MR) is 131 cm³/mol. The largest absolute Gasteiger partial charge is 0.486 e. The number of nitrogens with zero attached hydrogens (tertiary/aromatic N) is 1. The van der Waals surface area contributed by atoms with E-state index in [2.05, 4.69) is 20.7 Å². The summed E-state index contributed by atoms with van der Waals surface area (Å²) in [6.45, 7) is 0.0565. The topological polar surface area (TPSA) is 86.0 Å². The standard InChI is InChI=1S/C24H16BrClFNO6S/c1-32-23(30)19-7-6-16(34-19)11-28-22(29)20(35-24(28)31)10-14-8-17(25)21(18(26)9-14)33-12-13-2-4-15(27)5-3-13/h2-10H,11-12H2,1H3/b20-10+. The molecule has 1 fully saturated rings. The maximum atomic E-state index is 13.1. The number of halogens is 3. The van der Waals surface area contributed by atoms with Crippen LogP contribution < -0.4 is 4.74 Å². The van der Waals surface area contributed by atoms with Gasteiger partial charge in [0.25, 0.3) is 11.1 Å². The van der Waals surface area contributed by atoms with E-state index in [0.717, 1.165) is 22.2 Å². The SMILES string of the molecule is COC(=O)c1ccc(CN2C(=O)S/C(=C/c3cc(Cl)c(OCc4ccc(F)cc4)c(Br)c3)C2=O)o1. The van der Waals surface area contributed by atoms with Crippen molar-refractivity contribution < 1.29 is 32.7 Å². The maximum absolute atomic E-state index is 13.1. The van der Waals surface area contributed by atoms with Crippen LogP contribution in [0.4, 0.5) is 9.18 Å². The van der Waals surface area contributed by atoms with Crippen LogP contribution in [0, 0.1) is 5.82 Å². The zero-order chi connectivity index (χ0) is 25.1. The lowest BCUT2D eigenvalue weighted by Gasteiger charge is -2.12. The second-order valence-electron chi connectivity index (χ2n) is 7.25. The number of amides is 2. The molecule has 1 aliphatic heterocycles. The average Bonchev–Trinajstić information content (AvgIpc) is 3.39. The minimum Gasteiger partial charge on any atom is -0.486 e. The highest BCUT2D eigenvalue weighted by atomic mass is 79.9. The number of carbonyl (C=O) groups excluding carboxylic acids is 3. The van der Waals surface area contributed by atoms with Gasteiger partial charge in [-0.25, -0.2) is 9.18 Å². The summed E-state index contributed by atoms with van der Waals surface area (Å²) in [7, 11) is 1.22. The quantitative estimate of drug-likeness (QED) is 0.235. The number of methoxy groups -OCH3 is 1. The van der Waals surface area contributed by atoms with Gasteiger partial charge in [0.05, 0.1) is 28.1 Å². The molecule has 180 valence electrons. The van der Waals surface area contributed by atoms with Crippen LogP contribution in [-0.4, -0.2) is 29.1 Å². The van der Waals surface area contributed by atoms with Crippen molar-refractivity contribution in [1.29, 1.82) is 0 Å². The summed E-state index contributed by atoms with van der Waals surface area (Å²) >= 11 is 10.6. The van der Waals surface area contributed by atoms with Gasteiger partial charge in [0.15, 0.2) is 5.75 Å². The van der Waals surface area contributed by atoms with E-state index in [0.29, 0.717) is 15.8 Å². The Morgan fingerprint density at radius 3 is 2.63 bits per heavy atom. The Balaban J connectivity index is 1.47. The summed E-state index contributed by atoms with van der Waals surface area (Å²) in [5.74, 6) is -0.858. The number of rotatable bonds is 7. The van der Waals surface area contributed by atoms with E-state index < -0.39 is 17.1 Å². The smallest absolute Gasteiger partial charge is 0.373 e. The molecule has 0 spiro atoms. The van der Waals surface area contributed by atoms with Gasteiger partial charge >= 0.3 is 5.97 Å². The highest BCUT2D eigenvalue weighted by Gasteiger charge is 2.36. The van der Waals surface area contributed by atoms with Gasteiger partial charge in [0, 0.05) is 0 Å². The molecule has 0 N–H and O–H groups in total. The zero-order valence-electron chi connectivity index (χ0n) is 18.0. The molecule has 2 heterocycles. The molecule has 0 saturated carbocycles. The van der Waals surface area contributed by atoms with E-state index in [1.165, 1.54) is 31.4 Å². The van der Waals surface area contributed by atoms with Crippen LogP contribution in [0.3, 0.4) is 0 Å². The monoisotopic (exact) mass is 579 g/mol. The van der Waals surface area contributed by atoms with Gasteiger partial charge < -0.3 is 13.9 Å². The zero-order valence-corrected chi connectivity index (χ0v) is 21.2. The third-order valence-electron chi connectivity index (χ3n) is 4.85. The molecule has 1 aromatic heterocycles. The van der Waals surface area contributed by atoms with Crippen LogP contribution in [-0.2, 0) is 22.7 Å². The third-order valence-corrected chi connectivity index (χ3v) is 6.63. The van der Waals surface area contributed by atoms with E-state index in [4.69, 9.17) is 20.8 Å². The van der Waals surface area contributed by atoms with Crippen molar-refractivity contribution in [2.75, 3.05) is 7.11 Å². The Labute approximate surface area is 216 Å². The number of furan rings is 1. The number of ether oxygens (including phenoxy) is 2. The molecule has 2 aromatic carbocycles. The number of esters is 1. The first-order valence-electron chi connectivity index (χ1n) is 10.0. The Morgan fingerprint density at radius 2 is 1.94 bits per heavy atom. The fourth-order valence-electron chi connectivity index (χ4n) is 3.15. The number of benzene rings is 2. The van der Waals surface area contributed by atoms with Crippen molar-refractivity contribution >= 4 is 62.5 Å². The Bertz CT molecular complexity index is 1320. The first kappa shape index (κ1) is 25.0. The maximum Gasteiger partial charge on any atom is 0.373 e. The van der Waals surface area contributed by atoms with Gasteiger partial charge in [-0.1, -0.05) is 23.7 Å². The van der Waals surface area contributed by atoms with Gasteiger partial charge in [-0.3, -0.25) is 14.5 Å². The first-order chi connectivity index (χ1) is 16.7. The van der Waals surface area contributed by atoms with Gasteiger partial charge in [-0.15, -0.1) is 0 Å². The molecule has 1 saturated heterocycles. The normalized spacial score (nSPS) is 14.6. The van der Waals surface area contributed by atoms with Crippen molar-refractivity contribution in [3.8, 4) is 5.75 Å². The molecule has 0 radical (unpaired) electrons. The molecule has 1 aliphatic rings. The summed E-state index contributed by atoms with van der Waals surface area (Å²) in [6, 6.07) is 12.1. The molecule has 4 rings (SSSR count). The van der Waals surface area contributed by atoms with E-state index in [1.54, 1.807) is 30.3 Å². The van der Waals surface area contributed by atoms with Gasteiger partial charge in [-0.05, 0) is 81.3 Å². The summed E-state index contributed by atoms with van der Waals surface area (Å²) < 4.78 is 29.3. The summed E-state index contributed by atoms with van der Waals surface area (Å²) in [4.78, 5) is 38.0. The molecule has 0 aliphatic carbocycles. The molecule has 3 aromatic rings. The number of thioether (sulfide) groups is 1. The fourth-order valence-corrected chi connectivity index (χ4v) is 4.98. The fraction of sp³-hybridized carbons (Fsp3) is 0.125. The van der Waals surface area contributed by atoms with Crippen molar-refractivity contribution in [2.24, 2.45) is 0 Å². The Morgan fingerprint density at radius 1 is 1.20 bits per heavy atom. The van der Waals surface area contributed by atoms with Crippen molar-refractivity contribution in [1.82, 2.24) is 4.90 Å². The Hall–Kier alpha value is -3.08. The lowest BCUT2D eigenvalue weighted by Crippen LogP contribution is -2.27. The molecule has 2 amide bonds. The Kier molecular flexibility index (Phi) is 7.63. The molecular formula is C24H16BrClFNO6S. The molecular weight excluding hydrogens is 565 g/mol. The van der Waals surface area contributed by atoms with Crippen LogP contribution in [0.25, 0.3) is 6.08 Å². The lowest BCUT2D eigenvalue weighted by molar-refractivity contribution is -0.123. The molecule has 7 nitrogen and oxygen atoms in total. The second-order valence-corrected chi connectivity index (χ2v) is 9.51. The summed E-state index contributed by atoms with van der Waals surface area (Å²) in [5.41, 5.74) is 1.34. The molecule has 0 atom stereocenters. The van der Waals surface area contributed by atoms with Crippen LogP contribution in [0.15, 0.2) is 62.3 Å². The number of hydrogen-bond acceptors (Lipinski definition) is 7. The highest BCUT2D eigenvalue weighted by Crippen LogP contribution is 2.38. The van der Waals surface area contributed by atoms with Crippen molar-refractivity contribution in [3.63, 3.8) is 0 Å². The van der Waals surface area contributed by atoms with Crippen molar-refractivity contribution in [3.05, 3.63) is 91.4 Å². The van der Waals surface area contributed by atoms with E-state index >= 15 is 0 Å².